The van der Waals surface area contributed by atoms with Gasteiger partial charge in [-0.05, 0) is 70.8 Å². The van der Waals surface area contributed by atoms with E-state index < -0.39 is 0 Å². The van der Waals surface area contributed by atoms with Crippen LogP contribution in [0.1, 0.15) is 5.56 Å². The molecule has 51 heavy (non-hydrogen) atoms. The van der Waals surface area contributed by atoms with E-state index in [0.717, 1.165) is 66.4 Å². The van der Waals surface area contributed by atoms with Crippen LogP contribution in [0.5, 0.6) is 0 Å². The summed E-state index contributed by atoms with van der Waals surface area (Å²) in [5, 5.41) is 11.9. The zero-order valence-corrected chi connectivity index (χ0v) is 27.3. The van der Waals surface area contributed by atoms with Gasteiger partial charge in [-0.3, -0.25) is 4.98 Å². The van der Waals surface area contributed by atoms with Gasteiger partial charge in [-0.15, -0.1) is 0 Å². The lowest BCUT2D eigenvalue weighted by Gasteiger charge is -2.10. The fourth-order valence-corrected chi connectivity index (χ4v) is 6.64. The van der Waals surface area contributed by atoms with Crippen LogP contribution in [0.4, 0.5) is 0 Å². The molecule has 0 aliphatic carbocycles. The van der Waals surface area contributed by atoms with Crippen LogP contribution in [0.3, 0.4) is 0 Å². The normalized spacial score (nSPS) is 11.1. The zero-order valence-electron chi connectivity index (χ0n) is 27.3. The molecule has 0 aliphatic heterocycles. The molecule has 0 bridgehead atoms. The van der Waals surface area contributed by atoms with Gasteiger partial charge in [-0.2, -0.15) is 5.26 Å². The maximum atomic E-state index is 9.77. The standard InChI is InChI=1S/C45H28N6/c46-28-30-13-23-41-39(26-30)40-27-36(20-24-42(40)51(41)38-21-18-32(19-22-38)37-12-7-25-47-29-37)31-14-16-35(17-15-31)45-49-43(33-8-3-1-4-9-33)48-44(50-45)34-10-5-2-6-11-34/h1-27,29H. The molecule has 0 atom stereocenters. The zero-order chi connectivity index (χ0) is 34.1. The second-order valence-electron chi connectivity index (χ2n) is 12.3. The first-order valence-corrected chi connectivity index (χ1v) is 16.7. The number of hydrogen-bond acceptors (Lipinski definition) is 5. The fourth-order valence-electron chi connectivity index (χ4n) is 6.64. The SMILES string of the molecule is N#Cc1ccc2c(c1)c1cc(-c3ccc(-c4nc(-c5ccccc5)nc(-c5ccccc5)n4)cc3)ccc1n2-c1ccc(-c2cccnc2)cc1. The van der Waals surface area contributed by atoms with Crippen molar-refractivity contribution in [3.63, 3.8) is 0 Å². The van der Waals surface area contributed by atoms with Gasteiger partial charge >= 0.3 is 0 Å². The number of rotatable bonds is 6. The van der Waals surface area contributed by atoms with Gasteiger partial charge in [-0.25, -0.2) is 15.0 Å². The number of aromatic nitrogens is 5. The molecular formula is C45H28N6. The molecule has 3 heterocycles. The molecule has 0 unspecified atom stereocenters. The number of nitrogens with zero attached hydrogens (tertiary/aromatic N) is 6. The Hall–Kier alpha value is -7.23. The molecule has 9 rings (SSSR count). The maximum absolute atomic E-state index is 9.77. The quantitative estimate of drug-likeness (QED) is 0.179. The van der Waals surface area contributed by atoms with E-state index in [2.05, 4.69) is 88.4 Å². The van der Waals surface area contributed by atoms with Crippen LogP contribution in [0, 0.1) is 11.3 Å². The topological polar surface area (TPSA) is 80.3 Å². The summed E-state index contributed by atoms with van der Waals surface area (Å²) in [7, 11) is 0. The molecule has 0 spiro atoms. The average Bonchev–Trinajstić information content (AvgIpc) is 3.54. The highest BCUT2D eigenvalue weighted by Gasteiger charge is 2.16. The Labute approximate surface area is 294 Å². The van der Waals surface area contributed by atoms with Crippen LogP contribution in [0.15, 0.2) is 170 Å². The Morgan fingerprint density at radius 3 is 1.51 bits per heavy atom. The van der Waals surface area contributed by atoms with Crippen LogP contribution < -0.4 is 0 Å². The Bertz CT molecular complexity index is 2660. The van der Waals surface area contributed by atoms with Crippen molar-refractivity contribution in [2.45, 2.75) is 0 Å². The minimum atomic E-state index is 0.617. The van der Waals surface area contributed by atoms with Gasteiger partial charge in [0.25, 0.3) is 0 Å². The lowest BCUT2D eigenvalue weighted by molar-refractivity contribution is 1.07. The highest BCUT2D eigenvalue weighted by molar-refractivity contribution is 6.11. The van der Waals surface area contributed by atoms with Gasteiger partial charge in [0, 0.05) is 45.5 Å². The van der Waals surface area contributed by atoms with E-state index in [1.807, 2.05) is 91.1 Å². The molecule has 0 aliphatic rings. The number of fused-ring (bicyclic) bond motifs is 3. The van der Waals surface area contributed by atoms with Crippen molar-refractivity contribution in [1.29, 1.82) is 5.26 Å². The van der Waals surface area contributed by atoms with Crippen LogP contribution in [-0.2, 0) is 0 Å². The summed E-state index contributed by atoms with van der Waals surface area (Å²) in [5.41, 5.74) is 10.9. The minimum absolute atomic E-state index is 0.617. The molecule has 0 N–H and O–H groups in total. The summed E-state index contributed by atoms with van der Waals surface area (Å²) in [4.78, 5) is 18.9. The molecule has 0 radical (unpaired) electrons. The van der Waals surface area contributed by atoms with Crippen molar-refractivity contribution in [3.8, 4) is 68.2 Å². The van der Waals surface area contributed by atoms with Crippen molar-refractivity contribution in [1.82, 2.24) is 24.5 Å². The molecule has 0 saturated heterocycles. The second-order valence-corrected chi connectivity index (χ2v) is 12.3. The van der Waals surface area contributed by atoms with Crippen LogP contribution >= 0.6 is 0 Å². The molecule has 6 nitrogen and oxygen atoms in total. The Kier molecular flexibility index (Phi) is 7.42. The van der Waals surface area contributed by atoms with Crippen LogP contribution in [0.25, 0.3) is 83.9 Å². The first-order chi connectivity index (χ1) is 25.2. The van der Waals surface area contributed by atoms with E-state index in [4.69, 9.17) is 15.0 Å². The van der Waals surface area contributed by atoms with Crippen molar-refractivity contribution in [3.05, 3.63) is 176 Å². The van der Waals surface area contributed by atoms with Crippen LogP contribution in [0.2, 0.25) is 0 Å². The molecule has 3 aromatic heterocycles. The van der Waals surface area contributed by atoms with Gasteiger partial charge in [0.15, 0.2) is 17.5 Å². The third-order valence-electron chi connectivity index (χ3n) is 9.19. The number of benzene rings is 6. The van der Waals surface area contributed by atoms with E-state index in [-0.39, 0.29) is 0 Å². The van der Waals surface area contributed by atoms with E-state index in [1.165, 1.54) is 0 Å². The minimum Gasteiger partial charge on any atom is -0.309 e. The van der Waals surface area contributed by atoms with Crippen molar-refractivity contribution in [2.24, 2.45) is 0 Å². The molecule has 9 aromatic rings. The van der Waals surface area contributed by atoms with Gasteiger partial charge in [0.1, 0.15) is 0 Å². The van der Waals surface area contributed by atoms with Gasteiger partial charge in [0.05, 0.1) is 22.7 Å². The summed E-state index contributed by atoms with van der Waals surface area (Å²) >= 11 is 0. The predicted octanol–water partition coefficient (Wildman–Crippen LogP) is 10.6. The molecular weight excluding hydrogens is 625 g/mol. The molecule has 238 valence electrons. The Morgan fingerprint density at radius 2 is 0.922 bits per heavy atom. The summed E-state index contributed by atoms with van der Waals surface area (Å²) in [6, 6.07) is 55.7. The van der Waals surface area contributed by atoms with E-state index >= 15 is 0 Å². The maximum Gasteiger partial charge on any atom is 0.164 e. The third kappa shape index (κ3) is 5.59. The van der Waals surface area contributed by atoms with E-state index in [1.54, 1.807) is 6.20 Å². The largest absolute Gasteiger partial charge is 0.309 e. The molecule has 6 aromatic carbocycles. The fraction of sp³-hybridized carbons (Fsp3) is 0. The van der Waals surface area contributed by atoms with Crippen molar-refractivity contribution < 1.29 is 0 Å². The molecule has 0 saturated carbocycles. The lowest BCUT2D eigenvalue weighted by Crippen LogP contribution is -2.00. The molecule has 0 amide bonds. The average molecular weight is 653 g/mol. The number of hydrogen-bond donors (Lipinski definition) is 0. The first-order valence-electron chi connectivity index (χ1n) is 16.7. The van der Waals surface area contributed by atoms with Crippen molar-refractivity contribution in [2.75, 3.05) is 0 Å². The van der Waals surface area contributed by atoms with Gasteiger partial charge < -0.3 is 4.57 Å². The van der Waals surface area contributed by atoms with E-state index in [0.29, 0.717) is 23.0 Å². The highest BCUT2D eigenvalue weighted by atomic mass is 15.0. The second kappa shape index (κ2) is 12.7. The number of nitriles is 1. The number of pyridine rings is 1. The summed E-state index contributed by atoms with van der Waals surface area (Å²) in [6.45, 7) is 0. The molecule has 0 fully saturated rings. The van der Waals surface area contributed by atoms with Gasteiger partial charge in [-0.1, -0.05) is 109 Å². The van der Waals surface area contributed by atoms with Gasteiger partial charge in [0.2, 0.25) is 0 Å². The lowest BCUT2D eigenvalue weighted by atomic mass is 10.0. The summed E-state index contributed by atoms with van der Waals surface area (Å²) in [6.07, 6.45) is 3.66. The first kappa shape index (κ1) is 29.9. The highest BCUT2D eigenvalue weighted by Crippen LogP contribution is 2.36. The summed E-state index contributed by atoms with van der Waals surface area (Å²) < 4.78 is 2.27. The van der Waals surface area contributed by atoms with Crippen LogP contribution in [-0.4, -0.2) is 24.5 Å². The summed E-state index contributed by atoms with van der Waals surface area (Å²) in [5.74, 6) is 1.88. The third-order valence-corrected chi connectivity index (χ3v) is 9.19. The van der Waals surface area contributed by atoms with Crippen molar-refractivity contribution >= 4 is 21.8 Å². The smallest absolute Gasteiger partial charge is 0.164 e. The Balaban J connectivity index is 1.11. The Morgan fingerprint density at radius 1 is 0.431 bits per heavy atom. The molecule has 6 heteroatoms. The monoisotopic (exact) mass is 652 g/mol. The van der Waals surface area contributed by atoms with E-state index in [9.17, 15) is 5.26 Å². The predicted molar refractivity (Wildman–Crippen MR) is 204 cm³/mol.